The summed E-state index contributed by atoms with van der Waals surface area (Å²) in [5.74, 6) is -0.231. The number of nitrogens with one attached hydrogen (secondary N) is 1. The predicted octanol–water partition coefficient (Wildman–Crippen LogP) is 2.46. The summed E-state index contributed by atoms with van der Waals surface area (Å²) in [6, 6.07) is 9.56. The Bertz CT molecular complexity index is 1350. The lowest BCUT2D eigenvalue weighted by atomic mass is 9.97. The van der Waals surface area contributed by atoms with Gasteiger partial charge in [0.05, 0.1) is 5.69 Å². The second-order valence-electron chi connectivity index (χ2n) is 7.85. The number of carbonyl (C=O) groups excluding carboxylic acids is 1. The van der Waals surface area contributed by atoms with Crippen molar-refractivity contribution < 1.29 is 18.8 Å². The molecule has 3 aromatic heterocycles. The van der Waals surface area contributed by atoms with Gasteiger partial charge in [-0.25, -0.2) is 14.4 Å². The van der Waals surface area contributed by atoms with Crippen molar-refractivity contribution in [2.24, 2.45) is 7.05 Å². The number of halogens is 1. The van der Waals surface area contributed by atoms with Crippen LogP contribution >= 0.6 is 0 Å². The maximum Gasteiger partial charge on any atom is 0.262 e. The van der Waals surface area contributed by atoms with Gasteiger partial charge in [-0.3, -0.25) is 9.48 Å². The van der Waals surface area contributed by atoms with Crippen molar-refractivity contribution in [3.63, 3.8) is 0 Å². The average Bonchev–Trinajstić information content (AvgIpc) is 3.52. The van der Waals surface area contributed by atoms with Crippen LogP contribution in [0.1, 0.15) is 12.2 Å². The number of hydrogen-bond acceptors (Lipinski definition) is 8. The number of hydrogen-bond donors (Lipinski definition) is 2. The standard InChI is InChI=1S/C22H20FN7O3/c1-29-11-8-22(32,20(29)31)17-12-16(28-33-17)14-5-3-4-13(19(14)23)15-6-9-24-21(25-15)26-18-7-10-30(2)27-18/h3-7,9-10,12,32H,8,11H2,1-2H3,(H,24,25,26,27). The SMILES string of the molecule is CN1CCC(O)(c2cc(-c3cccc(-c4ccnc(Nc5ccn(C)n5)n4)c3F)no2)C1=O. The number of likely N-dealkylation sites (tertiary alicyclic amines) is 1. The third-order valence-corrected chi connectivity index (χ3v) is 5.59. The first kappa shape index (κ1) is 20.8. The van der Waals surface area contributed by atoms with E-state index in [-0.39, 0.29) is 35.0 Å². The molecule has 0 saturated carbocycles. The van der Waals surface area contributed by atoms with Crippen molar-refractivity contribution in [1.82, 2.24) is 29.8 Å². The highest BCUT2D eigenvalue weighted by molar-refractivity contribution is 5.87. The lowest BCUT2D eigenvalue weighted by Gasteiger charge is -2.16. The molecule has 0 radical (unpaired) electrons. The van der Waals surface area contributed by atoms with E-state index in [2.05, 4.69) is 25.5 Å². The largest absolute Gasteiger partial charge is 0.373 e. The lowest BCUT2D eigenvalue weighted by molar-refractivity contribution is -0.144. The Morgan fingerprint density at radius 2 is 1.97 bits per heavy atom. The third kappa shape index (κ3) is 3.61. The zero-order valence-electron chi connectivity index (χ0n) is 17.9. The minimum Gasteiger partial charge on any atom is -0.373 e. The number of nitrogens with zero attached hydrogens (tertiary/aromatic N) is 6. The van der Waals surface area contributed by atoms with Gasteiger partial charge >= 0.3 is 0 Å². The summed E-state index contributed by atoms with van der Waals surface area (Å²) in [4.78, 5) is 22.3. The summed E-state index contributed by atoms with van der Waals surface area (Å²) in [5, 5.41) is 21.9. The van der Waals surface area contributed by atoms with Gasteiger partial charge in [-0.05, 0) is 18.2 Å². The number of rotatable bonds is 5. The molecule has 168 valence electrons. The van der Waals surface area contributed by atoms with Crippen LogP contribution in [0, 0.1) is 5.82 Å². The van der Waals surface area contributed by atoms with Gasteiger partial charge in [0.25, 0.3) is 5.91 Å². The zero-order chi connectivity index (χ0) is 23.2. The van der Waals surface area contributed by atoms with E-state index in [1.165, 1.54) is 17.2 Å². The van der Waals surface area contributed by atoms with Gasteiger partial charge in [0.2, 0.25) is 11.5 Å². The van der Waals surface area contributed by atoms with E-state index < -0.39 is 17.3 Å². The number of aliphatic hydroxyl groups is 1. The molecule has 33 heavy (non-hydrogen) atoms. The normalized spacial score (nSPS) is 18.2. The Balaban J connectivity index is 1.47. The average molecular weight is 449 g/mol. The smallest absolute Gasteiger partial charge is 0.262 e. The second-order valence-corrected chi connectivity index (χ2v) is 7.85. The highest BCUT2D eigenvalue weighted by atomic mass is 19.1. The summed E-state index contributed by atoms with van der Waals surface area (Å²) in [5.41, 5.74) is -0.882. The monoisotopic (exact) mass is 449 g/mol. The second kappa shape index (κ2) is 7.78. The van der Waals surface area contributed by atoms with Crippen LogP contribution in [0.3, 0.4) is 0 Å². The zero-order valence-corrected chi connectivity index (χ0v) is 17.9. The van der Waals surface area contributed by atoms with Crippen LogP contribution in [0.15, 0.2) is 53.3 Å². The minimum atomic E-state index is -1.80. The third-order valence-electron chi connectivity index (χ3n) is 5.59. The number of benzene rings is 1. The molecule has 1 unspecified atom stereocenters. The summed E-state index contributed by atoms with van der Waals surface area (Å²) >= 11 is 0. The maximum atomic E-state index is 15.5. The van der Waals surface area contributed by atoms with Gasteiger partial charge in [-0.15, -0.1) is 0 Å². The molecule has 0 bridgehead atoms. The first-order chi connectivity index (χ1) is 15.8. The molecular weight excluding hydrogens is 429 g/mol. The van der Waals surface area contributed by atoms with Crippen molar-refractivity contribution in [2.45, 2.75) is 12.0 Å². The predicted molar refractivity (Wildman–Crippen MR) is 116 cm³/mol. The van der Waals surface area contributed by atoms with Crippen LogP contribution in [0.4, 0.5) is 16.2 Å². The Labute approximate surface area is 187 Å². The number of anilines is 2. The molecule has 1 amide bonds. The van der Waals surface area contributed by atoms with Gasteiger partial charge in [-0.2, -0.15) is 5.10 Å². The number of likely N-dealkylation sites (N-methyl/N-ethyl adjacent to an activating group) is 1. The Morgan fingerprint density at radius 3 is 2.67 bits per heavy atom. The van der Waals surface area contributed by atoms with Gasteiger partial charge in [0.15, 0.2) is 11.6 Å². The number of aryl methyl sites for hydroxylation is 1. The molecule has 4 aromatic rings. The molecule has 0 aliphatic carbocycles. The van der Waals surface area contributed by atoms with Crippen LogP contribution in [0.5, 0.6) is 0 Å². The van der Waals surface area contributed by atoms with Crippen molar-refractivity contribution in [1.29, 1.82) is 0 Å². The van der Waals surface area contributed by atoms with E-state index in [9.17, 15) is 9.90 Å². The van der Waals surface area contributed by atoms with E-state index in [4.69, 9.17) is 4.52 Å². The molecule has 1 fully saturated rings. The van der Waals surface area contributed by atoms with E-state index >= 15 is 4.39 Å². The lowest BCUT2D eigenvalue weighted by Crippen LogP contribution is -2.35. The van der Waals surface area contributed by atoms with Crippen molar-refractivity contribution in [3.8, 4) is 22.5 Å². The van der Waals surface area contributed by atoms with Crippen LogP contribution in [0.25, 0.3) is 22.5 Å². The molecule has 1 aliphatic rings. The Hall–Kier alpha value is -4.12. The van der Waals surface area contributed by atoms with Gasteiger partial charge in [0.1, 0.15) is 11.5 Å². The van der Waals surface area contributed by atoms with E-state index in [1.807, 2.05) is 0 Å². The molecule has 2 N–H and O–H groups in total. The molecule has 11 heteroatoms. The molecule has 1 aliphatic heterocycles. The quantitative estimate of drug-likeness (QED) is 0.477. The van der Waals surface area contributed by atoms with Crippen molar-refractivity contribution in [3.05, 3.63) is 60.4 Å². The van der Waals surface area contributed by atoms with Gasteiger partial charge in [-0.1, -0.05) is 11.2 Å². The molecule has 10 nitrogen and oxygen atoms in total. The number of aromatic nitrogens is 5. The Morgan fingerprint density at radius 1 is 1.18 bits per heavy atom. The van der Waals surface area contributed by atoms with Crippen molar-refractivity contribution >= 4 is 17.7 Å². The molecule has 1 aromatic carbocycles. The molecule has 5 rings (SSSR count). The summed E-state index contributed by atoms with van der Waals surface area (Å²) < 4.78 is 22.4. The molecular formula is C22H20FN7O3. The molecule has 4 heterocycles. The summed E-state index contributed by atoms with van der Waals surface area (Å²) in [7, 11) is 3.39. The highest BCUT2D eigenvalue weighted by Crippen LogP contribution is 2.36. The topological polar surface area (TPSA) is 122 Å². The van der Waals surface area contributed by atoms with Crippen molar-refractivity contribution in [2.75, 3.05) is 18.9 Å². The first-order valence-electron chi connectivity index (χ1n) is 10.2. The fourth-order valence-electron chi connectivity index (χ4n) is 3.77. The highest BCUT2D eigenvalue weighted by Gasteiger charge is 2.48. The van der Waals surface area contributed by atoms with Crippen LogP contribution in [-0.4, -0.2) is 54.4 Å². The van der Waals surface area contributed by atoms with Crippen LogP contribution in [0.2, 0.25) is 0 Å². The summed E-state index contributed by atoms with van der Waals surface area (Å²) in [6.45, 7) is 0.387. The van der Waals surface area contributed by atoms with E-state index in [0.29, 0.717) is 18.1 Å². The van der Waals surface area contributed by atoms with Crippen LogP contribution < -0.4 is 5.32 Å². The molecule has 0 spiro atoms. The number of amides is 1. The minimum absolute atomic E-state index is 0.0134. The van der Waals surface area contributed by atoms with E-state index in [1.54, 1.807) is 55.3 Å². The fourth-order valence-corrected chi connectivity index (χ4v) is 3.77. The first-order valence-corrected chi connectivity index (χ1v) is 10.2. The maximum absolute atomic E-state index is 15.5. The van der Waals surface area contributed by atoms with Crippen LogP contribution in [-0.2, 0) is 17.4 Å². The summed E-state index contributed by atoms with van der Waals surface area (Å²) in [6.07, 6.45) is 3.47. The van der Waals surface area contributed by atoms with Gasteiger partial charge < -0.3 is 19.8 Å². The fraction of sp³-hybridized carbons (Fsp3) is 0.227. The van der Waals surface area contributed by atoms with Gasteiger partial charge in [0, 0.05) is 62.7 Å². The molecule has 1 saturated heterocycles. The molecule has 1 atom stereocenters. The Kier molecular flexibility index (Phi) is 4.90. The number of carbonyl (C=O) groups is 1. The van der Waals surface area contributed by atoms with E-state index in [0.717, 1.165) is 0 Å².